The van der Waals surface area contributed by atoms with Crippen LogP contribution in [0.4, 0.5) is 0 Å². The van der Waals surface area contributed by atoms with Crippen LogP contribution in [0.1, 0.15) is 33.1 Å². The minimum Gasteiger partial charge on any atom is -0.384 e. The van der Waals surface area contributed by atoms with Crippen LogP contribution in [0.5, 0.6) is 0 Å². The molecule has 0 spiro atoms. The van der Waals surface area contributed by atoms with E-state index in [9.17, 15) is 0 Å². The Labute approximate surface area is 76.3 Å². The molecule has 1 atom stereocenters. The van der Waals surface area contributed by atoms with Crippen molar-refractivity contribution in [3.8, 4) is 0 Å². The Bertz CT molecular complexity index is 75.9. The standard InChI is InChI=1S/C10H22O2/c1-4-6-7-10(8-11-3)9-12-5-2/h10H,4-9H2,1-3H3. The second kappa shape index (κ2) is 9.01. The summed E-state index contributed by atoms with van der Waals surface area (Å²) in [6.07, 6.45) is 3.76. The molecule has 0 aromatic heterocycles. The van der Waals surface area contributed by atoms with E-state index in [1.807, 2.05) is 6.92 Å². The highest BCUT2D eigenvalue weighted by atomic mass is 16.5. The third kappa shape index (κ3) is 6.62. The molecule has 0 saturated carbocycles. The predicted molar refractivity (Wildman–Crippen MR) is 51.4 cm³/mol. The summed E-state index contributed by atoms with van der Waals surface area (Å²) >= 11 is 0. The average Bonchev–Trinajstić information content (AvgIpc) is 2.10. The summed E-state index contributed by atoms with van der Waals surface area (Å²) in [6.45, 7) is 6.74. The summed E-state index contributed by atoms with van der Waals surface area (Å²) in [5, 5.41) is 0. The van der Waals surface area contributed by atoms with Crippen molar-refractivity contribution in [3.05, 3.63) is 0 Å². The van der Waals surface area contributed by atoms with E-state index in [1.54, 1.807) is 7.11 Å². The molecular formula is C10H22O2. The summed E-state index contributed by atoms with van der Waals surface area (Å²) in [4.78, 5) is 0. The summed E-state index contributed by atoms with van der Waals surface area (Å²) in [7, 11) is 1.75. The Kier molecular flexibility index (Phi) is 8.95. The van der Waals surface area contributed by atoms with Crippen LogP contribution in [0.25, 0.3) is 0 Å². The van der Waals surface area contributed by atoms with Crippen molar-refractivity contribution >= 4 is 0 Å². The molecule has 0 rings (SSSR count). The second-order valence-electron chi connectivity index (χ2n) is 3.12. The van der Waals surface area contributed by atoms with E-state index >= 15 is 0 Å². The van der Waals surface area contributed by atoms with Crippen LogP contribution >= 0.6 is 0 Å². The molecule has 1 unspecified atom stereocenters. The van der Waals surface area contributed by atoms with Crippen molar-refractivity contribution in [3.63, 3.8) is 0 Å². The van der Waals surface area contributed by atoms with E-state index in [1.165, 1.54) is 19.3 Å². The van der Waals surface area contributed by atoms with Gasteiger partial charge in [-0.1, -0.05) is 19.8 Å². The molecule has 0 radical (unpaired) electrons. The van der Waals surface area contributed by atoms with Crippen molar-refractivity contribution in [1.29, 1.82) is 0 Å². The van der Waals surface area contributed by atoms with Crippen LogP contribution in [0.15, 0.2) is 0 Å². The zero-order chi connectivity index (χ0) is 9.23. The average molecular weight is 174 g/mol. The van der Waals surface area contributed by atoms with Gasteiger partial charge in [0.1, 0.15) is 0 Å². The van der Waals surface area contributed by atoms with Crippen LogP contribution < -0.4 is 0 Å². The van der Waals surface area contributed by atoms with Crippen molar-refractivity contribution < 1.29 is 9.47 Å². The van der Waals surface area contributed by atoms with Gasteiger partial charge in [-0.05, 0) is 13.3 Å². The highest BCUT2D eigenvalue weighted by Crippen LogP contribution is 2.09. The monoisotopic (exact) mass is 174 g/mol. The Morgan fingerprint density at radius 1 is 1.17 bits per heavy atom. The van der Waals surface area contributed by atoms with Gasteiger partial charge in [0.15, 0.2) is 0 Å². The van der Waals surface area contributed by atoms with E-state index in [2.05, 4.69) is 6.92 Å². The van der Waals surface area contributed by atoms with Gasteiger partial charge in [0.05, 0.1) is 13.2 Å². The zero-order valence-corrected chi connectivity index (χ0v) is 8.64. The van der Waals surface area contributed by atoms with Gasteiger partial charge in [-0.25, -0.2) is 0 Å². The van der Waals surface area contributed by atoms with E-state index in [-0.39, 0.29) is 0 Å². The number of hydrogen-bond donors (Lipinski definition) is 0. The SMILES string of the molecule is CCCCC(COC)COCC. The van der Waals surface area contributed by atoms with Crippen LogP contribution in [0.2, 0.25) is 0 Å². The molecule has 0 heterocycles. The lowest BCUT2D eigenvalue weighted by molar-refractivity contribution is 0.0591. The molecule has 0 fully saturated rings. The number of unbranched alkanes of at least 4 members (excludes halogenated alkanes) is 1. The summed E-state index contributed by atoms with van der Waals surface area (Å²) < 4.78 is 10.5. The summed E-state index contributed by atoms with van der Waals surface area (Å²) in [6, 6.07) is 0. The Morgan fingerprint density at radius 2 is 1.92 bits per heavy atom. The third-order valence-electron chi connectivity index (χ3n) is 1.93. The van der Waals surface area contributed by atoms with Crippen LogP contribution in [0, 0.1) is 5.92 Å². The van der Waals surface area contributed by atoms with Crippen LogP contribution in [0.3, 0.4) is 0 Å². The minimum absolute atomic E-state index is 0.592. The highest BCUT2D eigenvalue weighted by Gasteiger charge is 2.06. The van der Waals surface area contributed by atoms with Crippen molar-refractivity contribution in [2.24, 2.45) is 5.92 Å². The second-order valence-corrected chi connectivity index (χ2v) is 3.12. The van der Waals surface area contributed by atoms with Gasteiger partial charge < -0.3 is 9.47 Å². The number of ether oxygens (including phenoxy) is 2. The van der Waals surface area contributed by atoms with E-state index in [4.69, 9.17) is 9.47 Å². The summed E-state index contributed by atoms with van der Waals surface area (Å²) in [5.74, 6) is 0.592. The molecular weight excluding hydrogens is 152 g/mol. The van der Waals surface area contributed by atoms with Gasteiger partial charge in [0.2, 0.25) is 0 Å². The van der Waals surface area contributed by atoms with Crippen molar-refractivity contribution in [2.45, 2.75) is 33.1 Å². The van der Waals surface area contributed by atoms with E-state index in [0.29, 0.717) is 5.92 Å². The normalized spacial score (nSPS) is 13.2. The maximum atomic E-state index is 5.37. The largest absolute Gasteiger partial charge is 0.384 e. The lowest BCUT2D eigenvalue weighted by Gasteiger charge is -2.14. The van der Waals surface area contributed by atoms with E-state index < -0.39 is 0 Å². The smallest absolute Gasteiger partial charge is 0.0516 e. The third-order valence-corrected chi connectivity index (χ3v) is 1.93. The topological polar surface area (TPSA) is 18.5 Å². The molecule has 0 aromatic carbocycles. The molecule has 2 heteroatoms. The minimum atomic E-state index is 0.592. The Morgan fingerprint density at radius 3 is 2.42 bits per heavy atom. The number of methoxy groups -OCH3 is 1. The maximum absolute atomic E-state index is 5.37. The maximum Gasteiger partial charge on any atom is 0.0516 e. The highest BCUT2D eigenvalue weighted by molar-refractivity contribution is 4.56. The lowest BCUT2D eigenvalue weighted by Crippen LogP contribution is -2.15. The van der Waals surface area contributed by atoms with Gasteiger partial charge in [-0.2, -0.15) is 0 Å². The van der Waals surface area contributed by atoms with Gasteiger partial charge in [0, 0.05) is 19.6 Å². The number of hydrogen-bond acceptors (Lipinski definition) is 2. The first-order chi connectivity index (χ1) is 5.85. The van der Waals surface area contributed by atoms with Crippen LogP contribution in [-0.4, -0.2) is 26.9 Å². The van der Waals surface area contributed by atoms with E-state index in [0.717, 1.165) is 19.8 Å². The molecule has 12 heavy (non-hydrogen) atoms. The van der Waals surface area contributed by atoms with Gasteiger partial charge in [-0.3, -0.25) is 0 Å². The molecule has 0 N–H and O–H groups in total. The molecule has 0 aliphatic heterocycles. The first-order valence-electron chi connectivity index (χ1n) is 4.91. The van der Waals surface area contributed by atoms with Crippen molar-refractivity contribution in [1.82, 2.24) is 0 Å². The molecule has 0 bridgehead atoms. The Balaban J connectivity index is 3.40. The first kappa shape index (κ1) is 11.9. The zero-order valence-electron chi connectivity index (χ0n) is 8.64. The fourth-order valence-electron chi connectivity index (χ4n) is 1.23. The first-order valence-corrected chi connectivity index (χ1v) is 4.91. The van der Waals surface area contributed by atoms with Crippen LogP contribution in [-0.2, 0) is 9.47 Å². The molecule has 0 aliphatic carbocycles. The fraction of sp³-hybridized carbons (Fsp3) is 1.00. The molecule has 0 amide bonds. The lowest BCUT2D eigenvalue weighted by atomic mass is 10.0. The molecule has 0 aromatic rings. The van der Waals surface area contributed by atoms with Crippen molar-refractivity contribution in [2.75, 3.05) is 26.9 Å². The van der Waals surface area contributed by atoms with Gasteiger partial charge in [-0.15, -0.1) is 0 Å². The summed E-state index contributed by atoms with van der Waals surface area (Å²) in [5.41, 5.74) is 0. The molecule has 0 aliphatic rings. The molecule has 74 valence electrons. The fourth-order valence-corrected chi connectivity index (χ4v) is 1.23. The van der Waals surface area contributed by atoms with Gasteiger partial charge in [0.25, 0.3) is 0 Å². The number of rotatable bonds is 8. The molecule has 0 saturated heterocycles. The Hall–Kier alpha value is -0.0800. The van der Waals surface area contributed by atoms with Gasteiger partial charge >= 0.3 is 0 Å². The quantitative estimate of drug-likeness (QED) is 0.563. The predicted octanol–water partition coefficient (Wildman–Crippen LogP) is 2.48. The molecule has 2 nitrogen and oxygen atoms in total.